The molecule has 0 radical (unpaired) electrons. The Morgan fingerprint density at radius 2 is 1.53 bits per heavy atom. The van der Waals surface area contributed by atoms with E-state index in [1.54, 1.807) is 30.3 Å². The summed E-state index contributed by atoms with van der Waals surface area (Å²) in [7, 11) is 0. The van der Waals surface area contributed by atoms with Crippen molar-refractivity contribution in [2.24, 2.45) is 0 Å². The number of carbonyl (C=O) groups excluding carboxylic acids is 3. The Morgan fingerprint density at radius 1 is 0.833 bits per heavy atom. The van der Waals surface area contributed by atoms with Crippen LogP contribution in [-0.4, -0.2) is 44.5 Å². The summed E-state index contributed by atoms with van der Waals surface area (Å²) in [5.41, 5.74) is 7.56. The standard InChI is InChI=1S/C26H23N7O3/c34-23(16-13-19-7-3-1-4-8-19)27-17-24(35)28-30-26(36)22-14-11-20(12-15-22)18-33-31-25(29-32-33)21-9-5-2-6-10-21/h1-16H,17-18H2,(H,27,34)(H,28,35)(H,30,36)/b16-13+. The third-order valence-corrected chi connectivity index (χ3v) is 4.99. The van der Waals surface area contributed by atoms with Gasteiger partial charge in [-0.15, -0.1) is 10.2 Å². The largest absolute Gasteiger partial charge is 0.343 e. The van der Waals surface area contributed by atoms with Gasteiger partial charge in [0.1, 0.15) is 0 Å². The van der Waals surface area contributed by atoms with Crippen LogP contribution in [0, 0.1) is 0 Å². The maximum absolute atomic E-state index is 12.3. The summed E-state index contributed by atoms with van der Waals surface area (Å²) in [6.07, 6.45) is 2.97. The lowest BCUT2D eigenvalue weighted by molar-refractivity contribution is -0.124. The van der Waals surface area contributed by atoms with Gasteiger partial charge >= 0.3 is 0 Å². The Hall–Kier alpha value is -5.12. The second-order valence-electron chi connectivity index (χ2n) is 7.67. The first-order valence-corrected chi connectivity index (χ1v) is 11.1. The summed E-state index contributed by atoms with van der Waals surface area (Å²) in [5.74, 6) is -0.942. The molecule has 0 aliphatic rings. The summed E-state index contributed by atoms with van der Waals surface area (Å²) in [5, 5.41) is 15.0. The highest BCUT2D eigenvalue weighted by Crippen LogP contribution is 2.12. The minimum Gasteiger partial charge on any atom is -0.343 e. The maximum Gasteiger partial charge on any atom is 0.269 e. The zero-order chi connectivity index (χ0) is 25.2. The van der Waals surface area contributed by atoms with Gasteiger partial charge in [-0.05, 0) is 34.5 Å². The van der Waals surface area contributed by atoms with Crippen molar-refractivity contribution >= 4 is 23.8 Å². The quantitative estimate of drug-likeness (QED) is 0.261. The first-order chi connectivity index (χ1) is 17.6. The number of tetrazole rings is 1. The van der Waals surface area contributed by atoms with Gasteiger partial charge in [0.25, 0.3) is 11.8 Å². The highest BCUT2D eigenvalue weighted by atomic mass is 16.2. The fraction of sp³-hybridized carbons (Fsp3) is 0.0769. The molecule has 0 atom stereocenters. The van der Waals surface area contributed by atoms with Gasteiger partial charge in [0.05, 0.1) is 13.1 Å². The molecule has 0 bridgehead atoms. The van der Waals surface area contributed by atoms with Crippen LogP contribution in [0.2, 0.25) is 0 Å². The molecule has 0 fully saturated rings. The Morgan fingerprint density at radius 3 is 2.25 bits per heavy atom. The molecule has 4 aromatic rings. The molecular formula is C26H23N7O3. The van der Waals surface area contributed by atoms with Crippen LogP contribution in [0.1, 0.15) is 21.5 Å². The maximum atomic E-state index is 12.3. The zero-order valence-corrected chi connectivity index (χ0v) is 19.2. The van der Waals surface area contributed by atoms with Crippen LogP contribution in [0.5, 0.6) is 0 Å². The number of hydrazine groups is 1. The summed E-state index contributed by atoms with van der Waals surface area (Å²) in [4.78, 5) is 37.6. The average molecular weight is 482 g/mol. The van der Waals surface area contributed by atoms with Crippen molar-refractivity contribution in [3.63, 3.8) is 0 Å². The molecule has 1 aromatic heterocycles. The fourth-order valence-corrected chi connectivity index (χ4v) is 3.14. The summed E-state index contributed by atoms with van der Waals surface area (Å²) in [6.45, 7) is 0.101. The summed E-state index contributed by atoms with van der Waals surface area (Å²) in [6, 6.07) is 25.6. The normalized spacial score (nSPS) is 10.7. The predicted molar refractivity (Wildman–Crippen MR) is 133 cm³/mol. The first kappa shape index (κ1) is 24.0. The number of amides is 3. The highest BCUT2D eigenvalue weighted by molar-refractivity contribution is 5.97. The molecule has 1 heterocycles. The van der Waals surface area contributed by atoms with Crippen LogP contribution in [0.3, 0.4) is 0 Å². The minimum atomic E-state index is -0.562. The van der Waals surface area contributed by atoms with Gasteiger partial charge in [-0.25, -0.2) is 0 Å². The molecule has 3 amide bonds. The van der Waals surface area contributed by atoms with Crippen molar-refractivity contribution in [2.75, 3.05) is 6.54 Å². The molecule has 0 aliphatic heterocycles. The highest BCUT2D eigenvalue weighted by Gasteiger charge is 2.10. The fourth-order valence-electron chi connectivity index (χ4n) is 3.14. The van der Waals surface area contributed by atoms with Crippen molar-refractivity contribution in [2.45, 2.75) is 6.54 Å². The van der Waals surface area contributed by atoms with Crippen LogP contribution >= 0.6 is 0 Å². The van der Waals surface area contributed by atoms with Gasteiger partial charge in [0.15, 0.2) is 0 Å². The molecule has 3 aromatic carbocycles. The minimum absolute atomic E-state index is 0.285. The van der Waals surface area contributed by atoms with E-state index >= 15 is 0 Å². The summed E-state index contributed by atoms with van der Waals surface area (Å²) >= 11 is 0. The van der Waals surface area contributed by atoms with Crippen LogP contribution in [0.4, 0.5) is 0 Å². The molecule has 0 aliphatic carbocycles. The summed E-state index contributed by atoms with van der Waals surface area (Å²) < 4.78 is 0. The molecule has 10 nitrogen and oxygen atoms in total. The van der Waals surface area contributed by atoms with Gasteiger partial charge in [0.2, 0.25) is 11.7 Å². The van der Waals surface area contributed by atoms with E-state index in [1.807, 2.05) is 60.7 Å². The lowest BCUT2D eigenvalue weighted by atomic mass is 10.1. The predicted octanol–water partition coefficient (Wildman–Crippen LogP) is 1.98. The molecule has 180 valence electrons. The number of rotatable bonds is 8. The van der Waals surface area contributed by atoms with Crippen molar-refractivity contribution in [3.05, 3.63) is 108 Å². The van der Waals surface area contributed by atoms with E-state index in [9.17, 15) is 14.4 Å². The van der Waals surface area contributed by atoms with Gasteiger partial charge in [0, 0.05) is 17.2 Å². The molecule has 10 heteroatoms. The zero-order valence-electron chi connectivity index (χ0n) is 19.2. The van der Waals surface area contributed by atoms with E-state index in [1.165, 1.54) is 10.9 Å². The molecule has 0 saturated heterocycles. The van der Waals surface area contributed by atoms with Crippen LogP contribution in [-0.2, 0) is 16.1 Å². The van der Waals surface area contributed by atoms with E-state index in [4.69, 9.17) is 0 Å². The van der Waals surface area contributed by atoms with Gasteiger partial charge in [-0.1, -0.05) is 72.8 Å². The lowest BCUT2D eigenvalue weighted by Gasteiger charge is -2.08. The second-order valence-corrected chi connectivity index (χ2v) is 7.67. The Bertz CT molecular complexity index is 1350. The third-order valence-electron chi connectivity index (χ3n) is 4.99. The van der Waals surface area contributed by atoms with E-state index in [0.717, 1.165) is 16.7 Å². The lowest BCUT2D eigenvalue weighted by Crippen LogP contribution is -2.46. The van der Waals surface area contributed by atoms with Crippen molar-refractivity contribution in [1.29, 1.82) is 0 Å². The topological polar surface area (TPSA) is 131 Å². The molecule has 0 spiro atoms. The van der Waals surface area contributed by atoms with Gasteiger partial charge in [-0.3, -0.25) is 25.2 Å². The number of aromatic nitrogens is 4. The molecule has 36 heavy (non-hydrogen) atoms. The number of hydrogen-bond donors (Lipinski definition) is 3. The van der Waals surface area contributed by atoms with Gasteiger partial charge in [-0.2, -0.15) is 4.80 Å². The van der Waals surface area contributed by atoms with E-state index in [2.05, 4.69) is 31.6 Å². The van der Waals surface area contributed by atoms with Crippen molar-refractivity contribution in [1.82, 2.24) is 36.4 Å². The molecule has 0 saturated carbocycles. The number of hydrogen-bond acceptors (Lipinski definition) is 6. The average Bonchev–Trinajstić information content (AvgIpc) is 3.39. The Kier molecular flexibility index (Phi) is 7.90. The van der Waals surface area contributed by atoms with Gasteiger partial charge < -0.3 is 5.32 Å². The SMILES string of the molecule is O=C(/C=C/c1ccccc1)NCC(=O)NNC(=O)c1ccc(Cn2nnc(-c3ccccc3)n2)cc1. The smallest absolute Gasteiger partial charge is 0.269 e. The van der Waals surface area contributed by atoms with E-state index in [-0.39, 0.29) is 6.54 Å². The van der Waals surface area contributed by atoms with Crippen LogP contribution in [0.25, 0.3) is 17.5 Å². The number of nitrogens with one attached hydrogen (secondary N) is 3. The Balaban J connectivity index is 1.21. The molecule has 0 unspecified atom stereocenters. The monoisotopic (exact) mass is 481 g/mol. The van der Waals surface area contributed by atoms with E-state index in [0.29, 0.717) is 17.9 Å². The second kappa shape index (κ2) is 11.8. The van der Waals surface area contributed by atoms with Crippen molar-refractivity contribution < 1.29 is 14.4 Å². The number of carbonyl (C=O) groups is 3. The van der Waals surface area contributed by atoms with Crippen molar-refractivity contribution in [3.8, 4) is 11.4 Å². The Labute approximate surface area is 207 Å². The molecule has 4 rings (SSSR count). The number of nitrogens with zero attached hydrogens (tertiary/aromatic N) is 4. The molecule has 3 N–H and O–H groups in total. The molecular weight excluding hydrogens is 458 g/mol. The number of benzene rings is 3. The first-order valence-electron chi connectivity index (χ1n) is 11.1. The van der Waals surface area contributed by atoms with E-state index < -0.39 is 17.7 Å². The van der Waals surface area contributed by atoms with Crippen LogP contribution in [0.15, 0.2) is 91.0 Å². The third kappa shape index (κ3) is 6.94. The van der Waals surface area contributed by atoms with Crippen LogP contribution < -0.4 is 16.2 Å².